The molecule has 0 atom stereocenters. The van der Waals surface area contributed by atoms with Crippen LogP contribution in [0.1, 0.15) is 10.4 Å². The Balaban J connectivity index is 0.000000278. The summed E-state index contributed by atoms with van der Waals surface area (Å²) in [6.45, 7) is 0. The standard InChI is InChI=1S/C12H5Cl3FIN2O.C5H4ClFN2/c13-6-3-5(17)4-7(14)9(6)12(20)19-8-1-2-18-11(15)10(8)16;6-5-4(7)3(8)1-2-9-5/h1-4H,(H,18,19,20);1-2H,(H2,8,9). The first kappa shape index (κ1) is 23.8. The fourth-order valence-electron chi connectivity index (χ4n) is 1.89. The second-order valence-electron chi connectivity index (χ2n) is 5.17. The van der Waals surface area contributed by atoms with E-state index in [1.807, 2.05) is 22.6 Å². The van der Waals surface area contributed by atoms with Gasteiger partial charge in [0.15, 0.2) is 21.9 Å². The molecule has 1 aromatic carbocycles. The average molecular weight is 592 g/mol. The maximum absolute atomic E-state index is 13.7. The molecule has 0 aliphatic heterocycles. The van der Waals surface area contributed by atoms with Crippen LogP contribution in [-0.2, 0) is 0 Å². The smallest absolute Gasteiger partial charge is 0.258 e. The highest BCUT2D eigenvalue weighted by molar-refractivity contribution is 14.1. The van der Waals surface area contributed by atoms with Gasteiger partial charge in [0, 0.05) is 16.0 Å². The number of nitrogen functional groups attached to an aromatic ring is 1. The molecule has 3 aromatic rings. The number of aromatic nitrogens is 2. The zero-order chi connectivity index (χ0) is 21.7. The van der Waals surface area contributed by atoms with E-state index in [2.05, 4.69) is 15.3 Å². The fraction of sp³-hybridized carbons (Fsp3) is 0. The Morgan fingerprint density at radius 3 is 2.00 bits per heavy atom. The van der Waals surface area contributed by atoms with Gasteiger partial charge >= 0.3 is 0 Å². The molecule has 1 amide bonds. The van der Waals surface area contributed by atoms with Crippen LogP contribution in [0.3, 0.4) is 0 Å². The molecule has 0 unspecified atom stereocenters. The summed E-state index contributed by atoms with van der Waals surface area (Å²) < 4.78 is 26.9. The van der Waals surface area contributed by atoms with E-state index in [9.17, 15) is 13.6 Å². The van der Waals surface area contributed by atoms with Crippen LogP contribution in [0.25, 0.3) is 0 Å². The summed E-state index contributed by atoms with van der Waals surface area (Å²) in [4.78, 5) is 19.1. The molecule has 2 aromatic heterocycles. The monoisotopic (exact) mass is 590 g/mol. The molecule has 0 saturated heterocycles. The normalized spacial score (nSPS) is 10.2. The molecule has 0 aliphatic carbocycles. The summed E-state index contributed by atoms with van der Waals surface area (Å²) in [6.07, 6.45) is 2.62. The number of nitrogens with two attached hydrogens (primary N) is 1. The van der Waals surface area contributed by atoms with E-state index in [0.717, 1.165) is 3.57 Å². The topological polar surface area (TPSA) is 80.9 Å². The van der Waals surface area contributed by atoms with Crippen LogP contribution >= 0.6 is 69.0 Å². The first-order valence-corrected chi connectivity index (χ1v) is 10.0. The summed E-state index contributed by atoms with van der Waals surface area (Å²) in [7, 11) is 0. The van der Waals surface area contributed by atoms with Crippen LogP contribution in [0, 0.1) is 15.2 Å². The number of hydrogen-bond acceptors (Lipinski definition) is 4. The maximum Gasteiger partial charge on any atom is 0.258 e. The van der Waals surface area contributed by atoms with Crippen molar-refractivity contribution in [3.8, 4) is 0 Å². The number of nitrogens with one attached hydrogen (secondary N) is 1. The number of halogens is 7. The summed E-state index contributed by atoms with van der Waals surface area (Å²) >= 11 is 24.8. The molecule has 3 rings (SSSR count). The number of rotatable bonds is 2. The van der Waals surface area contributed by atoms with Crippen molar-refractivity contribution in [2.75, 3.05) is 11.1 Å². The largest absolute Gasteiger partial charge is 0.396 e. The number of benzene rings is 1. The van der Waals surface area contributed by atoms with Crippen LogP contribution in [0.4, 0.5) is 20.2 Å². The summed E-state index contributed by atoms with van der Waals surface area (Å²) in [6, 6.07) is 5.80. The zero-order valence-electron chi connectivity index (χ0n) is 14.0. The second-order valence-corrected chi connectivity index (χ2v) is 7.94. The molecule has 29 heavy (non-hydrogen) atoms. The fourth-order valence-corrected chi connectivity index (χ4v) is 3.86. The van der Waals surface area contributed by atoms with Gasteiger partial charge in [-0.1, -0.05) is 46.4 Å². The van der Waals surface area contributed by atoms with Crippen molar-refractivity contribution in [2.24, 2.45) is 0 Å². The highest BCUT2D eigenvalue weighted by Gasteiger charge is 2.18. The lowest BCUT2D eigenvalue weighted by Crippen LogP contribution is -2.14. The van der Waals surface area contributed by atoms with Crippen molar-refractivity contribution < 1.29 is 13.6 Å². The second kappa shape index (κ2) is 10.5. The van der Waals surface area contributed by atoms with Crippen molar-refractivity contribution in [3.05, 3.63) is 77.8 Å². The number of carbonyl (C=O) groups is 1. The Kier molecular flexibility index (Phi) is 8.65. The third kappa shape index (κ3) is 6.26. The molecule has 3 N–H and O–H groups in total. The van der Waals surface area contributed by atoms with Gasteiger partial charge in [0.2, 0.25) is 0 Å². The highest BCUT2D eigenvalue weighted by Crippen LogP contribution is 2.29. The molecule has 2 heterocycles. The molecular formula is C17H9Cl4F2IN4O. The lowest BCUT2D eigenvalue weighted by Gasteiger charge is -2.10. The lowest BCUT2D eigenvalue weighted by molar-refractivity contribution is 0.102. The quantitative estimate of drug-likeness (QED) is 0.264. The minimum Gasteiger partial charge on any atom is -0.396 e. The maximum atomic E-state index is 13.7. The van der Waals surface area contributed by atoms with Crippen molar-refractivity contribution in [2.45, 2.75) is 0 Å². The van der Waals surface area contributed by atoms with E-state index in [1.165, 1.54) is 24.5 Å². The minimum atomic E-state index is -0.819. The molecule has 0 fully saturated rings. The Hall–Kier alpha value is -1.46. The average Bonchev–Trinajstić information content (AvgIpc) is 2.63. The molecule has 0 radical (unpaired) electrons. The van der Waals surface area contributed by atoms with E-state index >= 15 is 0 Å². The predicted molar refractivity (Wildman–Crippen MR) is 120 cm³/mol. The number of hydrogen-bond donors (Lipinski definition) is 2. The molecule has 0 spiro atoms. The Morgan fingerprint density at radius 2 is 1.48 bits per heavy atom. The van der Waals surface area contributed by atoms with Crippen LogP contribution in [0.5, 0.6) is 0 Å². The van der Waals surface area contributed by atoms with Gasteiger partial charge in [-0.3, -0.25) is 4.79 Å². The molecule has 152 valence electrons. The number of amides is 1. The molecule has 0 bridgehead atoms. The Morgan fingerprint density at radius 1 is 0.966 bits per heavy atom. The highest BCUT2D eigenvalue weighted by atomic mass is 127. The van der Waals surface area contributed by atoms with Crippen molar-refractivity contribution in [1.29, 1.82) is 0 Å². The van der Waals surface area contributed by atoms with Crippen LogP contribution in [0.2, 0.25) is 20.4 Å². The molecule has 5 nitrogen and oxygen atoms in total. The lowest BCUT2D eigenvalue weighted by atomic mass is 10.2. The Labute approximate surface area is 197 Å². The first-order chi connectivity index (χ1) is 13.6. The van der Waals surface area contributed by atoms with E-state index in [-0.39, 0.29) is 37.3 Å². The number of anilines is 2. The molecule has 0 saturated carbocycles. The molecular weight excluding hydrogens is 583 g/mol. The number of nitrogens with zero attached hydrogens (tertiary/aromatic N) is 2. The van der Waals surface area contributed by atoms with Gasteiger partial charge in [-0.2, -0.15) is 0 Å². The van der Waals surface area contributed by atoms with Gasteiger partial charge < -0.3 is 11.1 Å². The Bertz CT molecular complexity index is 1030. The van der Waals surface area contributed by atoms with Crippen molar-refractivity contribution >= 4 is 86.3 Å². The zero-order valence-corrected chi connectivity index (χ0v) is 19.2. The minimum absolute atomic E-state index is 0.0231. The van der Waals surface area contributed by atoms with Gasteiger partial charge in [0.25, 0.3) is 5.91 Å². The van der Waals surface area contributed by atoms with Gasteiger partial charge in [-0.05, 0) is 46.9 Å². The van der Waals surface area contributed by atoms with Crippen molar-refractivity contribution in [3.63, 3.8) is 0 Å². The third-order valence-electron chi connectivity index (χ3n) is 3.21. The van der Waals surface area contributed by atoms with Gasteiger partial charge in [0.1, 0.15) is 0 Å². The van der Waals surface area contributed by atoms with Gasteiger partial charge in [-0.15, -0.1) is 0 Å². The molecule has 0 aliphatic rings. The number of carbonyl (C=O) groups excluding carboxylic acids is 1. The van der Waals surface area contributed by atoms with Crippen molar-refractivity contribution in [1.82, 2.24) is 9.97 Å². The van der Waals surface area contributed by atoms with E-state index < -0.39 is 17.5 Å². The van der Waals surface area contributed by atoms with Crippen LogP contribution in [-0.4, -0.2) is 15.9 Å². The number of pyridine rings is 2. The SMILES string of the molecule is Nc1ccnc(Cl)c1F.O=C(Nc1ccnc(Cl)c1F)c1c(Cl)cc(I)cc1Cl. The first-order valence-electron chi connectivity index (χ1n) is 7.43. The molecule has 12 heteroatoms. The van der Waals surface area contributed by atoms with Gasteiger partial charge in [-0.25, -0.2) is 18.7 Å². The summed E-state index contributed by atoms with van der Waals surface area (Å²) in [5, 5.41) is 2.20. The van der Waals surface area contributed by atoms with E-state index in [0.29, 0.717) is 0 Å². The van der Waals surface area contributed by atoms with Crippen LogP contribution < -0.4 is 11.1 Å². The van der Waals surface area contributed by atoms with E-state index in [1.54, 1.807) is 12.1 Å². The van der Waals surface area contributed by atoms with Crippen LogP contribution in [0.15, 0.2) is 36.7 Å². The van der Waals surface area contributed by atoms with E-state index in [4.69, 9.17) is 52.1 Å². The third-order valence-corrected chi connectivity index (χ3v) is 4.95. The summed E-state index contributed by atoms with van der Waals surface area (Å²) in [5.41, 5.74) is 5.12. The predicted octanol–water partition coefficient (Wildman–Crippen LogP) is 6.49. The van der Waals surface area contributed by atoms with Gasteiger partial charge in [0.05, 0.1) is 27.0 Å². The summed E-state index contributed by atoms with van der Waals surface area (Å²) in [5.74, 6) is -2.10.